The minimum atomic E-state index is -0.607. The molecule has 0 fully saturated rings. The van der Waals surface area contributed by atoms with Gasteiger partial charge in [-0.1, -0.05) is 32.0 Å². The standard InChI is InChI=1S/C18H19N3O3/c1-11(2)16-17(23)20-14-6-4-3-5-13(14)10-21(16)18(24)12-7-8-19-15(22)9-12/h3-9,11,16H,10H2,1-2H3,(H,19,22)(H,20,23)/t16-/m0/s1. The third-order valence-corrected chi connectivity index (χ3v) is 4.13. The Labute approximate surface area is 139 Å². The van der Waals surface area contributed by atoms with Gasteiger partial charge in [0.1, 0.15) is 6.04 Å². The topological polar surface area (TPSA) is 82.3 Å². The SMILES string of the molecule is CC(C)[C@H]1C(=O)Nc2ccccc2CN1C(=O)c1cc[nH]c(=O)c1. The van der Waals surface area contributed by atoms with Gasteiger partial charge in [-0.15, -0.1) is 0 Å². The number of pyridine rings is 1. The van der Waals surface area contributed by atoms with Gasteiger partial charge in [0, 0.05) is 30.1 Å². The summed E-state index contributed by atoms with van der Waals surface area (Å²) < 4.78 is 0. The molecule has 2 heterocycles. The minimum Gasteiger partial charge on any atom is -0.329 e. The van der Waals surface area contributed by atoms with Gasteiger partial charge in [-0.3, -0.25) is 14.4 Å². The summed E-state index contributed by atoms with van der Waals surface area (Å²) in [7, 11) is 0. The highest BCUT2D eigenvalue weighted by Gasteiger charge is 2.36. The number of amides is 2. The molecule has 1 aromatic heterocycles. The molecule has 0 bridgehead atoms. The molecule has 0 saturated carbocycles. The highest BCUT2D eigenvalue weighted by molar-refractivity contribution is 6.02. The molecule has 6 heteroatoms. The number of H-pyrrole nitrogens is 1. The van der Waals surface area contributed by atoms with Gasteiger partial charge in [0.15, 0.2) is 0 Å². The summed E-state index contributed by atoms with van der Waals surface area (Å²) in [5, 5.41) is 2.90. The Kier molecular flexibility index (Phi) is 4.20. The second kappa shape index (κ2) is 6.31. The summed E-state index contributed by atoms with van der Waals surface area (Å²) in [4.78, 5) is 41.2. The van der Waals surface area contributed by atoms with Crippen LogP contribution in [-0.2, 0) is 11.3 Å². The lowest BCUT2D eigenvalue weighted by molar-refractivity contribution is -0.121. The van der Waals surface area contributed by atoms with Crippen molar-refractivity contribution in [2.75, 3.05) is 5.32 Å². The van der Waals surface area contributed by atoms with Crippen LogP contribution in [0.2, 0.25) is 0 Å². The van der Waals surface area contributed by atoms with Crippen LogP contribution in [0.25, 0.3) is 0 Å². The number of nitrogens with zero attached hydrogens (tertiary/aromatic N) is 1. The van der Waals surface area contributed by atoms with Gasteiger partial charge in [-0.25, -0.2) is 0 Å². The van der Waals surface area contributed by atoms with Crippen molar-refractivity contribution in [3.63, 3.8) is 0 Å². The number of carbonyl (C=O) groups is 2. The molecular weight excluding hydrogens is 306 g/mol. The molecule has 6 nitrogen and oxygen atoms in total. The molecule has 1 aliphatic heterocycles. The summed E-state index contributed by atoms with van der Waals surface area (Å²) >= 11 is 0. The largest absolute Gasteiger partial charge is 0.329 e. The predicted molar refractivity (Wildman–Crippen MR) is 90.6 cm³/mol. The Bertz CT molecular complexity index is 841. The molecule has 2 aromatic rings. The zero-order valence-corrected chi connectivity index (χ0v) is 13.6. The zero-order valence-electron chi connectivity index (χ0n) is 13.6. The van der Waals surface area contributed by atoms with Gasteiger partial charge in [0.2, 0.25) is 11.5 Å². The van der Waals surface area contributed by atoms with Crippen LogP contribution in [0.5, 0.6) is 0 Å². The van der Waals surface area contributed by atoms with E-state index < -0.39 is 6.04 Å². The molecule has 0 saturated heterocycles. The molecule has 124 valence electrons. The highest BCUT2D eigenvalue weighted by atomic mass is 16.2. The first kappa shape index (κ1) is 16.0. The van der Waals surface area contributed by atoms with E-state index in [1.807, 2.05) is 38.1 Å². The number of rotatable bonds is 2. The fourth-order valence-corrected chi connectivity index (χ4v) is 3.01. The van der Waals surface area contributed by atoms with Crippen LogP contribution in [-0.4, -0.2) is 27.7 Å². The minimum absolute atomic E-state index is 0.0646. The molecule has 0 spiro atoms. The van der Waals surface area contributed by atoms with Crippen LogP contribution in [0.1, 0.15) is 29.8 Å². The van der Waals surface area contributed by atoms with Gasteiger partial charge >= 0.3 is 0 Å². The average Bonchev–Trinajstić information content (AvgIpc) is 2.69. The normalized spacial score (nSPS) is 17.2. The fourth-order valence-electron chi connectivity index (χ4n) is 3.01. The van der Waals surface area contributed by atoms with Crippen molar-refractivity contribution in [3.05, 3.63) is 64.1 Å². The summed E-state index contributed by atoms with van der Waals surface area (Å²) in [5.41, 5.74) is 1.51. The van der Waals surface area contributed by atoms with E-state index in [0.29, 0.717) is 12.2 Å². The van der Waals surface area contributed by atoms with E-state index in [9.17, 15) is 14.4 Å². The van der Waals surface area contributed by atoms with Gasteiger partial charge in [-0.05, 0) is 23.6 Å². The number of hydrogen-bond donors (Lipinski definition) is 2. The van der Waals surface area contributed by atoms with Crippen molar-refractivity contribution in [2.45, 2.75) is 26.4 Å². The summed E-state index contributed by atoms with van der Waals surface area (Å²) in [6.45, 7) is 4.11. The number of fused-ring (bicyclic) bond motifs is 1. The lowest BCUT2D eigenvalue weighted by atomic mass is 10.0. The van der Waals surface area contributed by atoms with E-state index in [1.54, 1.807) is 11.0 Å². The van der Waals surface area contributed by atoms with E-state index in [4.69, 9.17) is 0 Å². The number of benzene rings is 1. The molecule has 2 amide bonds. The number of aromatic amines is 1. The number of para-hydroxylation sites is 1. The number of hydrogen-bond acceptors (Lipinski definition) is 3. The Balaban J connectivity index is 2.06. The second-order valence-corrected chi connectivity index (χ2v) is 6.21. The lowest BCUT2D eigenvalue weighted by Crippen LogP contribution is -2.48. The maximum Gasteiger partial charge on any atom is 0.255 e. The molecule has 0 unspecified atom stereocenters. The van der Waals surface area contributed by atoms with Crippen molar-refractivity contribution in [1.29, 1.82) is 0 Å². The first-order valence-corrected chi connectivity index (χ1v) is 7.86. The molecule has 1 atom stereocenters. The van der Waals surface area contributed by atoms with Crippen LogP contribution in [0, 0.1) is 5.92 Å². The third kappa shape index (κ3) is 2.95. The Morgan fingerprint density at radius 3 is 2.67 bits per heavy atom. The first-order chi connectivity index (χ1) is 11.5. The van der Waals surface area contributed by atoms with E-state index in [-0.39, 0.29) is 28.9 Å². The quantitative estimate of drug-likeness (QED) is 0.886. The lowest BCUT2D eigenvalue weighted by Gasteiger charge is -2.31. The van der Waals surface area contributed by atoms with Crippen LogP contribution in [0.15, 0.2) is 47.4 Å². The Hall–Kier alpha value is -2.89. The monoisotopic (exact) mass is 325 g/mol. The molecule has 1 aliphatic rings. The van der Waals surface area contributed by atoms with E-state index in [2.05, 4.69) is 10.3 Å². The average molecular weight is 325 g/mol. The maximum atomic E-state index is 13.0. The molecule has 3 rings (SSSR count). The van der Waals surface area contributed by atoms with E-state index in [0.717, 1.165) is 5.56 Å². The molecule has 0 radical (unpaired) electrons. The summed E-state index contributed by atoms with van der Waals surface area (Å²) in [5.74, 6) is -0.606. The van der Waals surface area contributed by atoms with Crippen LogP contribution in [0.4, 0.5) is 5.69 Å². The van der Waals surface area contributed by atoms with Crippen molar-refractivity contribution < 1.29 is 9.59 Å². The summed E-state index contributed by atoms with van der Waals surface area (Å²) in [6.07, 6.45) is 1.44. The van der Waals surface area contributed by atoms with Gasteiger partial charge in [0.25, 0.3) is 5.91 Å². The van der Waals surface area contributed by atoms with Crippen LogP contribution >= 0.6 is 0 Å². The molecular formula is C18H19N3O3. The zero-order chi connectivity index (χ0) is 17.3. The Morgan fingerprint density at radius 2 is 1.96 bits per heavy atom. The molecule has 2 N–H and O–H groups in total. The Morgan fingerprint density at radius 1 is 1.21 bits per heavy atom. The molecule has 0 aliphatic carbocycles. The molecule has 1 aromatic carbocycles. The van der Waals surface area contributed by atoms with Crippen molar-refractivity contribution >= 4 is 17.5 Å². The van der Waals surface area contributed by atoms with Gasteiger partial charge in [-0.2, -0.15) is 0 Å². The first-order valence-electron chi connectivity index (χ1n) is 7.86. The number of anilines is 1. The van der Waals surface area contributed by atoms with Gasteiger partial charge in [0.05, 0.1) is 0 Å². The van der Waals surface area contributed by atoms with Crippen LogP contribution in [0.3, 0.4) is 0 Å². The van der Waals surface area contributed by atoms with Crippen molar-refractivity contribution in [2.24, 2.45) is 5.92 Å². The smallest absolute Gasteiger partial charge is 0.255 e. The summed E-state index contributed by atoms with van der Waals surface area (Å²) in [6, 6.07) is 9.63. The number of nitrogens with one attached hydrogen (secondary N) is 2. The molecule has 24 heavy (non-hydrogen) atoms. The number of aromatic nitrogens is 1. The van der Waals surface area contributed by atoms with Crippen molar-refractivity contribution in [3.8, 4) is 0 Å². The highest BCUT2D eigenvalue weighted by Crippen LogP contribution is 2.27. The fraction of sp³-hybridized carbons (Fsp3) is 0.278. The number of carbonyl (C=O) groups excluding carboxylic acids is 2. The second-order valence-electron chi connectivity index (χ2n) is 6.21. The van der Waals surface area contributed by atoms with Crippen LogP contribution < -0.4 is 10.9 Å². The van der Waals surface area contributed by atoms with E-state index in [1.165, 1.54) is 12.3 Å². The van der Waals surface area contributed by atoms with Gasteiger partial charge < -0.3 is 15.2 Å². The van der Waals surface area contributed by atoms with E-state index >= 15 is 0 Å². The third-order valence-electron chi connectivity index (χ3n) is 4.13. The predicted octanol–water partition coefficient (Wildman–Crippen LogP) is 1.99. The van der Waals surface area contributed by atoms with Crippen molar-refractivity contribution in [1.82, 2.24) is 9.88 Å². The maximum absolute atomic E-state index is 13.0.